The quantitative estimate of drug-likeness (QED) is 0.779. The Bertz CT molecular complexity index is 439. The standard InChI is InChI=1S/C13H20N4O2S/c1-14-12(20)13(18-2,11-15-4-3-5-16-11)10-17-6-8-19-9-7-17/h3-5H,6-10H2,1-2H3,(H,14,20). The van der Waals surface area contributed by atoms with Gasteiger partial charge in [-0.05, 0) is 6.07 Å². The van der Waals surface area contributed by atoms with Crippen LogP contribution in [-0.4, -0.2) is 66.9 Å². The molecule has 2 rings (SSSR count). The van der Waals surface area contributed by atoms with Gasteiger partial charge in [0.1, 0.15) is 4.99 Å². The molecule has 2 heterocycles. The van der Waals surface area contributed by atoms with Crippen LogP contribution in [0.3, 0.4) is 0 Å². The van der Waals surface area contributed by atoms with E-state index in [1.54, 1.807) is 32.6 Å². The van der Waals surface area contributed by atoms with Gasteiger partial charge in [0.05, 0.1) is 13.2 Å². The molecule has 1 aromatic heterocycles. The summed E-state index contributed by atoms with van der Waals surface area (Å²) in [5, 5.41) is 3.01. The van der Waals surface area contributed by atoms with Crippen LogP contribution in [0.4, 0.5) is 0 Å². The van der Waals surface area contributed by atoms with Crippen LogP contribution >= 0.6 is 12.2 Å². The largest absolute Gasteiger partial charge is 0.380 e. The number of methoxy groups -OCH3 is 1. The number of likely N-dealkylation sites (N-methyl/N-ethyl adjacent to an activating group) is 1. The van der Waals surface area contributed by atoms with Gasteiger partial charge in [-0.1, -0.05) is 12.2 Å². The number of nitrogens with zero attached hydrogens (tertiary/aromatic N) is 3. The smallest absolute Gasteiger partial charge is 0.189 e. The van der Waals surface area contributed by atoms with E-state index in [9.17, 15) is 0 Å². The first-order chi connectivity index (χ1) is 9.73. The van der Waals surface area contributed by atoms with Crippen LogP contribution in [0.25, 0.3) is 0 Å². The van der Waals surface area contributed by atoms with Crippen molar-refractivity contribution < 1.29 is 9.47 Å². The molecule has 0 saturated carbocycles. The molecular formula is C13H20N4O2S. The number of nitrogens with one attached hydrogen (secondary N) is 1. The molecule has 6 nitrogen and oxygen atoms in total. The maximum Gasteiger partial charge on any atom is 0.189 e. The Kier molecular flexibility index (Phi) is 5.36. The fourth-order valence-electron chi connectivity index (χ4n) is 2.28. The zero-order valence-electron chi connectivity index (χ0n) is 11.8. The van der Waals surface area contributed by atoms with Gasteiger partial charge in [0, 0.05) is 46.2 Å². The zero-order valence-corrected chi connectivity index (χ0v) is 12.7. The van der Waals surface area contributed by atoms with Crippen LogP contribution in [0.2, 0.25) is 0 Å². The third-order valence-electron chi connectivity index (χ3n) is 3.42. The number of hydrogen-bond acceptors (Lipinski definition) is 6. The van der Waals surface area contributed by atoms with Gasteiger partial charge in [0.15, 0.2) is 11.4 Å². The molecule has 1 aromatic rings. The van der Waals surface area contributed by atoms with Crippen LogP contribution in [0.5, 0.6) is 0 Å². The summed E-state index contributed by atoms with van der Waals surface area (Å²) in [6.07, 6.45) is 3.40. The highest BCUT2D eigenvalue weighted by atomic mass is 32.1. The second kappa shape index (κ2) is 7.03. The molecule has 1 saturated heterocycles. The maximum atomic E-state index is 5.77. The molecule has 0 spiro atoms. The van der Waals surface area contributed by atoms with Crippen molar-refractivity contribution in [3.63, 3.8) is 0 Å². The average molecular weight is 296 g/mol. The van der Waals surface area contributed by atoms with Gasteiger partial charge in [-0.15, -0.1) is 0 Å². The first-order valence-corrected chi connectivity index (χ1v) is 6.98. The van der Waals surface area contributed by atoms with E-state index in [1.807, 2.05) is 0 Å². The number of morpholine rings is 1. The first-order valence-electron chi connectivity index (χ1n) is 6.58. The third-order valence-corrected chi connectivity index (χ3v) is 3.95. The summed E-state index contributed by atoms with van der Waals surface area (Å²) in [4.78, 5) is 11.5. The predicted octanol–water partition coefficient (Wildman–Crippen LogP) is 0.197. The Morgan fingerprint density at radius 3 is 2.65 bits per heavy atom. The monoisotopic (exact) mass is 296 g/mol. The van der Waals surface area contributed by atoms with Gasteiger partial charge >= 0.3 is 0 Å². The molecule has 0 amide bonds. The number of aromatic nitrogens is 2. The first kappa shape index (κ1) is 15.2. The van der Waals surface area contributed by atoms with Crippen molar-refractivity contribution >= 4 is 17.2 Å². The van der Waals surface area contributed by atoms with Crippen LogP contribution in [0, 0.1) is 0 Å². The summed E-state index contributed by atoms with van der Waals surface area (Å²) in [7, 11) is 3.43. The van der Waals surface area contributed by atoms with Crippen molar-refractivity contribution in [2.24, 2.45) is 0 Å². The molecule has 1 N–H and O–H groups in total. The Morgan fingerprint density at radius 2 is 2.10 bits per heavy atom. The topological polar surface area (TPSA) is 59.5 Å². The minimum absolute atomic E-state index is 0.577. The lowest BCUT2D eigenvalue weighted by atomic mass is 10.0. The van der Waals surface area contributed by atoms with Crippen LogP contribution in [-0.2, 0) is 15.1 Å². The predicted molar refractivity (Wildman–Crippen MR) is 79.6 cm³/mol. The normalized spacial score (nSPS) is 19.3. The Labute approximate surface area is 124 Å². The van der Waals surface area contributed by atoms with Crippen molar-refractivity contribution in [3.05, 3.63) is 24.3 Å². The third kappa shape index (κ3) is 3.12. The van der Waals surface area contributed by atoms with Crippen LogP contribution in [0.1, 0.15) is 5.82 Å². The molecule has 0 radical (unpaired) electrons. The number of rotatable bonds is 5. The van der Waals surface area contributed by atoms with Crippen molar-refractivity contribution in [1.29, 1.82) is 0 Å². The zero-order chi connectivity index (χ0) is 14.4. The van der Waals surface area contributed by atoms with Crippen molar-refractivity contribution in [1.82, 2.24) is 20.2 Å². The van der Waals surface area contributed by atoms with Gasteiger partial charge in [-0.25, -0.2) is 9.97 Å². The SMILES string of the molecule is CNC(=S)C(CN1CCOCC1)(OC)c1ncccn1. The van der Waals surface area contributed by atoms with Crippen molar-refractivity contribution in [2.45, 2.75) is 5.60 Å². The van der Waals surface area contributed by atoms with E-state index in [1.165, 1.54) is 0 Å². The van der Waals surface area contributed by atoms with Crippen LogP contribution < -0.4 is 5.32 Å². The lowest BCUT2D eigenvalue weighted by molar-refractivity contribution is -0.0273. The van der Waals surface area contributed by atoms with Gasteiger partial charge in [-0.3, -0.25) is 4.90 Å². The average Bonchev–Trinajstić information content (AvgIpc) is 2.53. The molecule has 1 aliphatic rings. The summed E-state index contributed by atoms with van der Waals surface area (Å²) >= 11 is 5.46. The summed E-state index contributed by atoms with van der Waals surface area (Å²) in [6, 6.07) is 1.78. The molecular weight excluding hydrogens is 276 g/mol. The summed E-state index contributed by atoms with van der Waals surface area (Å²) in [6.45, 7) is 3.76. The molecule has 110 valence electrons. The summed E-state index contributed by atoms with van der Waals surface area (Å²) in [5.74, 6) is 0.577. The Morgan fingerprint density at radius 1 is 1.45 bits per heavy atom. The molecule has 1 atom stereocenters. The summed E-state index contributed by atoms with van der Waals surface area (Å²) in [5.41, 5.74) is -0.831. The van der Waals surface area contributed by atoms with Gasteiger partial charge in [0.25, 0.3) is 0 Å². The maximum absolute atomic E-state index is 5.77. The highest BCUT2D eigenvalue weighted by molar-refractivity contribution is 7.80. The fourth-order valence-corrected chi connectivity index (χ4v) is 2.52. The van der Waals surface area contributed by atoms with Gasteiger partial charge in [-0.2, -0.15) is 0 Å². The second-order valence-electron chi connectivity index (χ2n) is 4.57. The molecule has 0 aromatic carbocycles. The minimum atomic E-state index is -0.831. The van der Waals surface area contributed by atoms with Gasteiger partial charge in [0.2, 0.25) is 0 Å². The molecule has 7 heteroatoms. The molecule has 1 unspecified atom stereocenters. The van der Waals surface area contributed by atoms with E-state index < -0.39 is 5.60 Å². The molecule has 0 aliphatic carbocycles. The lowest BCUT2D eigenvalue weighted by Crippen LogP contribution is -2.54. The fraction of sp³-hybridized carbons (Fsp3) is 0.615. The van der Waals surface area contributed by atoms with E-state index >= 15 is 0 Å². The molecule has 1 aliphatic heterocycles. The number of thiocarbonyl (C=S) groups is 1. The van der Waals surface area contributed by atoms with E-state index in [-0.39, 0.29) is 0 Å². The van der Waals surface area contributed by atoms with E-state index in [4.69, 9.17) is 21.7 Å². The molecule has 1 fully saturated rings. The summed E-state index contributed by atoms with van der Waals surface area (Å²) < 4.78 is 11.1. The minimum Gasteiger partial charge on any atom is -0.380 e. The van der Waals surface area contributed by atoms with E-state index in [2.05, 4.69) is 20.2 Å². The second-order valence-corrected chi connectivity index (χ2v) is 4.98. The van der Waals surface area contributed by atoms with E-state index in [0.29, 0.717) is 17.4 Å². The van der Waals surface area contributed by atoms with Gasteiger partial charge < -0.3 is 14.8 Å². The number of hydrogen-bond donors (Lipinski definition) is 1. The number of ether oxygens (including phenoxy) is 2. The van der Waals surface area contributed by atoms with Crippen LogP contribution in [0.15, 0.2) is 18.5 Å². The highest BCUT2D eigenvalue weighted by Gasteiger charge is 2.41. The van der Waals surface area contributed by atoms with Crippen molar-refractivity contribution in [2.75, 3.05) is 47.0 Å². The van der Waals surface area contributed by atoms with Crippen molar-refractivity contribution in [3.8, 4) is 0 Å². The molecule has 0 bridgehead atoms. The molecule has 20 heavy (non-hydrogen) atoms. The Balaban J connectivity index is 2.29. The lowest BCUT2D eigenvalue weighted by Gasteiger charge is -2.37. The Hall–Kier alpha value is -1.15. The highest BCUT2D eigenvalue weighted by Crippen LogP contribution is 2.25. The van der Waals surface area contributed by atoms with E-state index in [0.717, 1.165) is 26.3 Å².